The highest BCUT2D eigenvalue weighted by molar-refractivity contribution is 7.17. The molecule has 0 saturated carbocycles. The quantitative estimate of drug-likeness (QED) is 0.133. The van der Waals surface area contributed by atoms with E-state index in [4.69, 9.17) is 0 Å². The SMILES string of the molecule is N#C/C(=C\c1ccc(-c2ccc(N(c3ccccc3)c3ccccc3)cc2)s1)c1ccc(-c2ccc(N(c3ccccc3)c3ccccc3)cc2)s1. The average molecular weight is 704 g/mol. The minimum absolute atomic E-state index is 0.664. The highest BCUT2D eigenvalue weighted by Gasteiger charge is 2.15. The second kappa shape index (κ2) is 15.2. The molecule has 0 amide bonds. The molecule has 52 heavy (non-hydrogen) atoms. The van der Waals surface area contributed by atoms with Crippen molar-refractivity contribution >= 4 is 68.4 Å². The molecule has 0 aliphatic carbocycles. The van der Waals surface area contributed by atoms with Gasteiger partial charge in [-0.15, -0.1) is 22.7 Å². The molecule has 2 aromatic heterocycles. The topological polar surface area (TPSA) is 30.3 Å². The summed E-state index contributed by atoms with van der Waals surface area (Å²) in [5.74, 6) is 0. The standard InChI is InChI=1S/C47H33N3S2/c48-34-37(47-32-31-46(52-47)36-23-27-43(28-24-36)50(40-17-9-3-10-18-40)41-19-11-4-12-20-41)33-44-29-30-45(51-44)35-21-25-42(26-22-35)49(38-13-5-1-6-14-38)39-15-7-2-8-16-39/h1-33H/b37-33+. The van der Waals surface area contributed by atoms with Crippen molar-refractivity contribution in [3.63, 3.8) is 0 Å². The van der Waals surface area contributed by atoms with E-state index in [-0.39, 0.29) is 0 Å². The zero-order valence-corrected chi connectivity index (χ0v) is 29.8. The van der Waals surface area contributed by atoms with Crippen LogP contribution < -0.4 is 9.80 Å². The largest absolute Gasteiger partial charge is 0.311 e. The van der Waals surface area contributed by atoms with Crippen LogP contribution in [0.2, 0.25) is 0 Å². The van der Waals surface area contributed by atoms with E-state index in [0.29, 0.717) is 5.57 Å². The number of hydrogen-bond donors (Lipinski definition) is 0. The summed E-state index contributed by atoms with van der Waals surface area (Å²) in [5.41, 5.74) is 9.55. The summed E-state index contributed by atoms with van der Waals surface area (Å²) < 4.78 is 0. The van der Waals surface area contributed by atoms with Crippen LogP contribution >= 0.6 is 22.7 Å². The lowest BCUT2D eigenvalue weighted by Gasteiger charge is -2.25. The summed E-state index contributed by atoms with van der Waals surface area (Å²) >= 11 is 3.34. The van der Waals surface area contributed by atoms with E-state index in [1.807, 2.05) is 30.3 Å². The van der Waals surface area contributed by atoms with Crippen molar-refractivity contribution in [2.45, 2.75) is 0 Å². The molecule has 0 radical (unpaired) electrons. The number of hydrogen-bond acceptors (Lipinski definition) is 5. The van der Waals surface area contributed by atoms with E-state index in [9.17, 15) is 5.26 Å². The van der Waals surface area contributed by atoms with Gasteiger partial charge in [0.25, 0.3) is 0 Å². The number of nitrogens with zero attached hydrogens (tertiary/aromatic N) is 3. The normalized spacial score (nSPS) is 11.2. The van der Waals surface area contributed by atoms with Crippen LogP contribution in [0.3, 0.4) is 0 Å². The fourth-order valence-electron chi connectivity index (χ4n) is 6.28. The van der Waals surface area contributed by atoms with Gasteiger partial charge in [0.05, 0.1) is 5.57 Å². The Labute approximate surface area is 312 Å². The van der Waals surface area contributed by atoms with Gasteiger partial charge in [-0.1, -0.05) is 97.1 Å². The van der Waals surface area contributed by atoms with Crippen LogP contribution in [0.1, 0.15) is 9.75 Å². The molecule has 5 heteroatoms. The molecule has 0 N–H and O–H groups in total. The zero-order chi connectivity index (χ0) is 35.1. The van der Waals surface area contributed by atoms with Crippen molar-refractivity contribution in [3.05, 3.63) is 204 Å². The summed E-state index contributed by atoms with van der Waals surface area (Å²) in [5, 5.41) is 10.2. The van der Waals surface area contributed by atoms with Crippen LogP contribution in [0.4, 0.5) is 34.1 Å². The Kier molecular flexibility index (Phi) is 9.57. The van der Waals surface area contributed by atoms with Crippen LogP contribution in [0.25, 0.3) is 32.5 Å². The Balaban J connectivity index is 1.01. The van der Waals surface area contributed by atoms with Crippen molar-refractivity contribution < 1.29 is 0 Å². The minimum Gasteiger partial charge on any atom is -0.311 e. The first-order chi connectivity index (χ1) is 25.7. The van der Waals surface area contributed by atoms with Crippen LogP contribution in [0.5, 0.6) is 0 Å². The van der Waals surface area contributed by atoms with Crippen LogP contribution in [0.15, 0.2) is 194 Å². The summed E-state index contributed by atoms with van der Waals surface area (Å²) in [6.07, 6.45) is 2.01. The molecule has 3 nitrogen and oxygen atoms in total. The molecular weight excluding hydrogens is 671 g/mol. The fraction of sp³-hybridized carbons (Fsp3) is 0. The first kappa shape index (κ1) is 32.7. The van der Waals surface area contributed by atoms with Gasteiger partial charge in [-0.05, 0) is 114 Å². The number of para-hydroxylation sites is 4. The molecule has 8 rings (SSSR count). The molecule has 0 aliphatic rings. The summed E-state index contributed by atoms with van der Waals surface area (Å²) in [6.45, 7) is 0. The summed E-state index contributed by atoms with van der Waals surface area (Å²) in [6, 6.07) is 69.9. The average Bonchev–Trinajstić information content (AvgIpc) is 3.90. The number of nitriles is 1. The van der Waals surface area contributed by atoms with E-state index >= 15 is 0 Å². The lowest BCUT2D eigenvalue weighted by molar-refractivity contribution is 1.28. The van der Waals surface area contributed by atoms with Crippen LogP contribution in [-0.2, 0) is 0 Å². The van der Waals surface area contributed by atoms with E-state index in [1.165, 1.54) is 0 Å². The number of anilines is 6. The number of rotatable bonds is 10. The van der Waals surface area contributed by atoms with Gasteiger partial charge in [0.1, 0.15) is 6.07 Å². The smallest absolute Gasteiger partial charge is 0.101 e. The monoisotopic (exact) mass is 703 g/mol. The van der Waals surface area contributed by atoms with Crippen molar-refractivity contribution in [2.75, 3.05) is 9.80 Å². The van der Waals surface area contributed by atoms with Gasteiger partial charge in [0.2, 0.25) is 0 Å². The maximum absolute atomic E-state index is 10.2. The molecule has 248 valence electrons. The van der Waals surface area contributed by atoms with Crippen LogP contribution in [-0.4, -0.2) is 0 Å². The molecule has 0 saturated heterocycles. The lowest BCUT2D eigenvalue weighted by Crippen LogP contribution is -2.09. The summed E-state index contributed by atoms with van der Waals surface area (Å²) in [7, 11) is 0. The van der Waals surface area contributed by atoms with Gasteiger partial charge in [0.15, 0.2) is 0 Å². The van der Waals surface area contributed by atoms with Crippen LogP contribution in [0, 0.1) is 11.3 Å². The minimum atomic E-state index is 0.664. The molecule has 0 atom stereocenters. The molecular formula is C47H33N3S2. The lowest BCUT2D eigenvalue weighted by atomic mass is 10.1. The molecule has 0 aliphatic heterocycles. The van der Waals surface area contributed by atoms with Crippen molar-refractivity contribution in [1.82, 2.24) is 0 Å². The van der Waals surface area contributed by atoms with Crippen molar-refractivity contribution in [2.24, 2.45) is 0 Å². The Bertz CT molecular complexity index is 2360. The third-order valence-electron chi connectivity index (χ3n) is 8.78. The highest BCUT2D eigenvalue weighted by atomic mass is 32.1. The Morgan fingerprint density at radius 1 is 0.404 bits per heavy atom. The van der Waals surface area contributed by atoms with E-state index < -0.39 is 0 Å². The molecule has 2 heterocycles. The third-order valence-corrected chi connectivity index (χ3v) is 11.0. The van der Waals surface area contributed by atoms with E-state index in [2.05, 4.69) is 186 Å². The molecule has 0 bridgehead atoms. The predicted molar refractivity (Wildman–Crippen MR) is 222 cm³/mol. The zero-order valence-electron chi connectivity index (χ0n) is 28.2. The molecule has 8 aromatic rings. The highest BCUT2D eigenvalue weighted by Crippen LogP contribution is 2.39. The first-order valence-electron chi connectivity index (χ1n) is 17.1. The van der Waals surface area contributed by atoms with E-state index in [1.54, 1.807) is 22.7 Å². The Hall–Kier alpha value is -6.45. The maximum atomic E-state index is 10.2. The van der Waals surface area contributed by atoms with Gasteiger partial charge in [-0.25, -0.2) is 0 Å². The second-order valence-electron chi connectivity index (χ2n) is 12.1. The van der Waals surface area contributed by atoms with Crippen molar-refractivity contribution in [1.29, 1.82) is 5.26 Å². The molecule has 6 aromatic carbocycles. The summed E-state index contributed by atoms with van der Waals surface area (Å²) in [4.78, 5) is 8.81. The number of benzene rings is 6. The number of allylic oxidation sites excluding steroid dienone is 1. The number of thiophene rings is 2. The predicted octanol–water partition coefficient (Wildman–Crippen LogP) is 14.1. The molecule has 0 fully saturated rings. The van der Waals surface area contributed by atoms with Gasteiger partial charge in [-0.3, -0.25) is 0 Å². The maximum Gasteiger partial charge on any atom is 0.101 e. The fourth-order valence-corrected chi connectivity index (χ4v) is 8.21. The third kappa shape index (κ3) is 7.08. The first-order valence-corrected chi connectivity index (χ1v) is 18.7. The Morgan fingerprint density at radius 2 is 0.769 bits per heavy atom. The molecule has 0 spiro atoms. The van der Waals surface area contributed by atoms with E-state index in [0.717, 1.165) is 64.8 Å². The van der Waals surface area contributed by atoms with Gasteiger partial charge < -0.3 is 9.80 Å². The van der Waals surface area contributed by atoms with Gasteiger partial charge >= 0.3 is 0 Å². The van der Waals surface area contributed by atoms with Gasteiger partial charge in [-0.2, -0.15) is 5.26 Å². The molecule has 0 unspecified atom stereocenters. The Morgan fingerprint density at radius 3 is 1.17 bits per heavy atom. The van der Waals surface area contributed by atoms with Crippen molar-refractivity contribution in [3.8, 4) is 27.0 Å². The van der Waals surface area contributed by atoms with Gasteiger partial charge in [0, 0.05) is 53.6 Å². The second-order valence-corrected chi connectivity index (χ2v) is 14.3.